The van der Waals surface area contributed by atoms with Gasteiger partial charge in [-0.25, -0.2) is 9.37 Å². The first-order valence-corrected chi connectivity index (χ1v) is 5.97. The van der Waals surface area contributed by atoms with Crippen LogP contribution in [-0.2, 0) is 13.1 Å². The molecule has 0 unspecified atom stereocenters. The maximum Gasteiger partial charge on any atom is 0.155 e. The van der Waals surface area contributed by atoms with Crippen molar-refractivity contribution in [2.75, 3.05) is 13.6 Å². The number of hydrogen-bond acceptors (Lipinski definition) is 2. The van der Waals surface area contributed by atoms with Crippen LogP contribution in [0, 0.1) is 12.7 Å². The minimum Gasteiger partial charge on any atom is -0.324 e. The second-order valence-electron chi connectivity index (χ2n) is 4.58. The molecule has 1 aliphatic heterocycles. The van der Waals surface area contributed by atoms with E-state index >= 15 is 0 Å². The molecule has 3 nitrogen and oxygen atoms in total. The van der Waals surface area contributed by atoms with Gasteiger partial charge in [-0.1, -0.05) is 11.6 Å². The monoisotopic (exact) mass is 253 g/mol. The molecule has 0 radical (unpaired) electrons. The molecule has 0 fully saturated rings. The third-order valence-corrected chi connectivity index (χ3v) is 3.82. The van der Waals surface area contributed by atoms with Crippen LogP contribution in [0.4, 0.5) is 4.39 Å². The van der Waals surface area contributed by atoms with Gasteiger partial charge in [-0.2, -0.15) is 0 Å². The second-order valence-corrected chi connectivity index (χ2v) is 4.99. The summed E-state index contributed by atoms with van der Waals surface area (Å²) in [5, 5.41) is 1.09. The van der Waals surface area contributed by atoms with Gasteiger partial charge >= 0.3 is 0 Å². The average Bonchev–Trinajstić information content (AvgIpc) is 2.58. The maximum atomic E-state index is 14.4. The number of rotatable bonds is 0. The Kier molecular flexibility index (Phi) is 2.38. The molecule has 0 saturated heterocycles. The summed E-state index contributed by atoms with van der Waals surface area (Å²) >= 11 is 6.00. The van der Waals surface area contributed by atoms with Crippen molar-refractivity contribution in [1.82, 2.24) is 14.5 Å². The number of hydrogen-bond donors (Lipinski definition) is 0. The van der Waals surface area contributed by atoms with Crippen LogP contribution in [0.1, 0.15) is 11.3 Å². The quantitative estimate of drug-likeness (QED) is 0.720. The molecule has 3 rings (SSSR count). The molecule has 90 valence electrons. The Bertz CT molecular complexity index is 606. The molecular weight excluding hydrogens is 241 g/mol. The second kappa shape index (κ2) is 3.68. The van der Waals surface area contributed by atoms with E-state index in [1.165, 1.54) is 0 Å². The van der Waals surface area contributed by atoms with E-state index in [1.807, 2.05) is 18.5 Å². The minimum atomic E-state index is -0.168. The summed E-state index contributed by atoms with van der Waals surface area (Å²) in [6.07, 6.45) is 1.60. The SMILES string of the molecule is Cc1c(Cl)cnc2c1c(F)c1n2CCN(C)C1. The van der Waals surface area contributed by atoms with Crippen molar-refractivity contribution in [3.63, 3.8) is 0 Å². The number of nitrogens with zero attached hydrogens (tertiary/aromatic N) is 3. The van der Waals surface area contributed by atoms with Gasteiger partial charge in [0.2, 0.25) is 0 Å². The zero-order valence-corrected chi connectivity index (χ0v) is 10.6. The Morgan fingerprint density at radius 3 is 2.94 bits per heavy atom. The fourth-order valence-corrected chi connectivity index (χ4v) is 2.57. The summed E-state index contributed by atoms with van der Waals surface area (Å²) in [7, 11) is 1.99. The van der Waals surface area contributed by atoms with Crippen molar-refractivity contribution in [1.29, 1.82) is 0 Å². The summed E-state index contributed by atoms with van der Waals surface area (Å²) in [6.45, 7) is 4.16. The molecule has 0 N–H and O–H groups in total. The van der Waals surface area contributed by atoms with Crippen LogP contribution in [0.5, 0.6) is 0 Å². The van der Waals surface area contributed by atoms with Crippen molar-refractivity contribution in [2.24, 2.45) is 0 Å². The number of pyridine rings is 1. The first-order valence-electron chi connectivity index (χ1n) is 5.60. The van der Waals surface area contributed by atoms with Crippen molar-refractivity contribution < 1.29 is 4.39 Å². The van der Waals surface area contributed by atoms with Crippen molar-refractivity contribution >= 4 is 22.6 Å². The standard InChI is InChI=1S/C12H13ClFN3/c1-7-8(13)5-15-12-10(7)11(14)9-6-16(2)3-4-17(9)12/h5H,3-4,6H2,1-2H3. The van der Waals surface area contributed by atoms with Crippen LogP contribution in [-0.4, -0.2) is 28.0 Å². The molecule has 0 aromatic carbocycles. The minimum absolute atomic E-state index is 0.168. The largest absolute Gasteiger partial charge is 0.324 e. The van der Waals surface area contributed by atoms with E-state index in [0.29, 0.717) is 28.3 Å². The smallest absolute Gasteiger partial charge is 0.155 e. The Morgan fingerprint density at radius 2 is 2.18 bits per heavy atom. The van der Waals surface area contributed by atoms with Crippen molar-refractivity contribution in [2.45, 2.75) is 20.0 Å². The third-order valence-electron chi connectivity index (χ3n) is 3.44. The Hall–Kier alpha value is -1.13. The lowest BCUT2D eigenvalue weighted by Crippen LogP contribution is -2.30. The van der Waals surface area contributed by atoms with E-state index in [-0.39, 0.29) is 5.82 Å². The number of fused-ring (bicyclic) bond motifs is 3. The topological polar surface area (TPSA) is 21.1 Å². The summed E-state index contributed by atoms with van der Waals surface area (Å²) in [5.41, 5.74) is 2.21. The zero-order valence-electron chi connectivity index (χ0n) is 9.80. The Balaban J connectivity index is 2.37. The first-order chi connectivity index (χ1) is 8.09. The zero-order chi connectivity index (χ0) is 12.2. The highest BCUT2D eigenvalue weighted by molar-refractivity contribution is 6.32. The van der Waals surface area contributed by atoms with Crippen LogP contribution >= 0.6 is 11.6 Å². The number of halogens is 2. The van der Waals surface area contributed by atoms with Gasteiger partial charge in [-0.15, -0.1) is 0 Å². The molecule has 0 spiro atoms. The van der Waals surface area contributed by atoms with E-state index in [2.05, 4.69) is 9.88 Å². The Labute approximate surface area is 104 Å². The molecule has 0 amide bonds. The number of aromatic nitrogens is 2. The van der Waals surface area contributed by atoms with Gasteiger partial charge in [0, 0.05) is 25.8 Å². The van der Waals surface area contributed by atoms with E-state index in [1.54, 1.807) is 6.20 Å². The van der Waals surface area contributed by atoms with Gasteiger partial charge in [0.15, 0.2) is 5.82 Å². The van der Waals surface area contributed by atoms with Crippen LogP contribution in [0.15, 0.2) is 6.20 Å². The first kappa shape index (κ1) is 11.0. The molecule has 0 aliphatic carbocycles. The van der Waals surface area contributed by atoms with Gasteiger partial charge in [0.1, 0.15) is 5.65 Å². The van der Waals surface area contributed by atoms with Crippen molar-refractivity contribution in [3.8, 4) is 0 Å². The molecule has 2 aromatic heterocycles. The lowest BCUT2D eigenvalue weighted by atomic mass is 10.2. The third kappa shape index (κ3) is 1.47. The van der Waals surface area contributed by atoms with E-state index in [0.717, 1.165) is 18.7 Å². The van der Waals surface area contributed by atoms with Gasteiger partial charge in [0.05, 0.1) is 16.1 Å². The van der Waals surface area contributed by atoms with Gasteiger partial charge in [-0.3, -0.25) is 4.90 Å². The fraction of sp³-hybridized carbons (Fsp3) is 0.417. The fourth-order valence-electron chi connectivity index (χ4n) is 2.43. The summed E-state index contributed by atoms with van der Waals surface area (Å²) in [4.78, 5) is 6.38. The number of likely N-dealkylation sites (N-methyl/N-ethyl adjacent to an activating group) is 1. The molecule has 2 aromatic rings. The lowest BCUT2D eigenvalue weighted by Gasteiger charge is -2.24. The molecule has 1 aliphatic rings. The summed E-state index contributed by atoms with van der Waals surface area (Å²) < 4.78 is 16.3. The molecule has 5 heteroatoms. The highest BCUT2D eigenvalue weighted by atomic mass is 35.5. The molecule has 0 atom stereocenters. The van der Waals surface area contributed by atoms with Crippen LogP contribution in [0.25, 0.3) is 11.0 Å². The van der Waals surface area contributed by atoms with Crippen molar-refractivity contribution in [3.05, 3.63) is 28.3 Å². The average molecular weight is 254 g/mol. The normalized spacial score (nSPS) is 16.5. The van der Waals surface area contributed by atoms with Crippen LogP contribution in [0.2, 0.25) is 5.02 Å². The van der Waals surface area contributed by atoms with E-state index in [9.17, 15) is 4.39 Å². The maximum absolute atomic E-state index is 14.4. The van der Waals surface area contributed by atoms with Gasteiger partial charge < -0.3 is 4.57 Å². The molecule has 0 bridgehead atoms. The predicted molar refractivity (Wildman–Crippen MR) is 65.8 cm³/mol. The molecule has 0 saturated carbocycles. The predicted octanol–water partition coefficient (Wildman–Crippen LogP) is 2.58. The van der Waals surface area contributed by atoms with Gasteiger partial charge in [0.25, 0.3) is 0 Å². The molecule has 17 heavy (non-hydrogen) atoms. The highest BCUT2D eigenvalue weighted by Crippen LogP contribution is 2.31. The highest BCUT2D eigenvalue weighted by Gasteiger charge is 2.24. The van der Waals surface area contributed by atoms with E-state index in [4.69, 9.17) is 11.6 Å². The molecular formula is C12H13ClFN3. The van der Waals surface area contributed by atoms with Gasteiger partial charge in [-0.05, 0) is 19.5 Å². The number of aryl methyl sites for hydroxylation is 1. The van der Waals surface area contributed by atoms with E-state index < -0.39 is 0 Å². The van der Waals surface area contributed by atoms with Crippen LogP contribution < -0.4 is 0 Å². The lowest BCUT2D eigenvalue weighted by molar-refractivity contribution is 0.266. The van der Waals surface area contributed by atoms with Crippen LogP contribution in [0.3, 0.4) is 0 Å². The summed E-state index contributed by atoms with van der Waals surface area (Å²) in [6, 6.07) is 0. The Morgan fingerprint density at radius 1 is 1.41 bits per heavy atom. The molecule has 3 heterocycles. The summed E-state index contributed by atoms with van der Waals surface area (Å²) in [5.74, 6) is -0.168.